The molecule has 3 aromatic carbocycles. The van der Waals surface area contributed by atoms with Crippen molar-refractivity contribution in [3.63, 3.8) is 0 Å². The summed E-state index contributed by atoms with van der Waals surface area (Å²) in [5.41, 5.74) is 5.00. The molecule has 4 rings (SSSR count). The number of nitrogens with zero attached hydrogens (tertiary/aromatic N) is 3. The Hall–Kier alpha value is -3.73. The third-order valence-corrected chi connectivity index (χ3v) is 5.42. The minimum atomic E-state index is -0.0982. The summed E-state index contributed by atoms with van der Waals surface area (Å²) >= 11 is 0. The Morgan fingerprint density at radius 3 is 2.03 bits per heavy atom. The zero-order valence-corrected chi connectivity index (χ0v) is 18.9. The maximum atomic E-state index is 12.8. The van der Waals surface area contributed by atoms with Gasteiger partial charge in [-0.1, -0.05) is 75.4 Å². The Morgan fingerprint density at radius 2 is 1.41 bits per heavy atom. The van der Waals surface area contributed by atoms with Crippen molar-refractivity contribution < 1.29 is 9.21 Å². The molecule has 5 heteroatoms. The maximum Gasteiger partial charge on any atom is 0.254 e. The summed E-state index contributed by atoms with van der Waals surface area (Å²) in [5.74, 6) is 0.754. The molecule has 0 radical (unpaired) electrons. The van der Waals surface area contributed by atoms with Gasteiger partial charge < -0.3 is 9.32 Å². The van der Waals surface area contributed by atoms with Crippen molar-refractivity contribution >= 4 is 5.91 Å². The van der Waals surface area contributed by atoms with Gasteiger partial charge in [-0.25, -0.2) is 0 Å². The molecule has 1 heterocycles. The van der Waals surface area contributed by atoms with Gasteiger partial charge in [0.1, 0.15) is 0 Å². The smallest absolute Gasteiger partial charge is 0.254 e. The molecule has 0 atom stereocenters. The summed E-state index contributed by atoms with van der Waals surface area (Å²) in [4.78, 5) is 14.4. The van der Waals surface area contributed by atoms with E-state index in [0.717, 1.165) is 16.7 Å². The van der Waals surface area contributed by atoms with Crippen molar-refractivity contribution in [2.45, 2.75) is 32.7 Å². The lowest BCUT2D eigenvalue weighted by Crippen LogP contribution is -2.26. The van der Waals surface area contributed by atoms with Gasteiger partial charge in [-0.3, -0.25) is 4.79 Å². The summed E-state index contributed by atoms with van der Waals surface area (Å²) in [6, 6.07) is 25.8. The number of amides is 1. The van der Waals surface area contributed by atoms with Crippen LogP contribution >= 0.6 is 0 Å². The van der Waals surface area contributed by atoms with Gasteiger partial charge in [0.05, 0.1) is 6.54 Å². The quantitative estimate of drug-likeness (QED) is 0.395. The number of aromatic nitrogens is 2. The number of carbonyl (C=O) groups excluding carboxylic acids is 1. The van der Waals surface area contributed by atoms with Gasteiger partial charge in [-0.15, -0.1) is 10.2 Å². The Kier molecular flexibility index (Phi) is 5.91. The Balaban J connectivity index is 1.42. The third kappa shape index (κ3) is 4.78. The first-order chi connectivity index (χ1) is 15.3. The average molecular weight is 426 g/mol. The average Bonchev–Trinajstić information content (AvgIpc) is 3.27. The summed E-state index contributed by atoms with van der Waals surface area (Å²) < 4.78 is 5.81. The van der Waals surface area contributed by atoms with E-state index in [2.05, 4.69) is 43.1 Å². The molecule has 0 saturated carbocycles. The number of benzene rings is 3. The van der Waals surface area contributed by atoms with Crippen LogP contribution in [-0.2, 0) is 12.0 Å². The fourth-order valence-corrected chi connectivity index (χ4v) is 3.48. The summed E-state index contributed by atoms with van der Waals surface area (Å²) in [5, 5.41) is 8.28. The highest BCUT2D eigenvalue weighted by molar-refractivity contribution is 5.94. The summed E-state index contributed by atoms with van der Waals surface area (Å²) in [6.07, 6.45) is 0. The molecule has 5 nitrogen and oxygen atoms in total. The van der Waals surface area contributed by atoms with Gasteiger partial charge in [-0.05, 0) is 46.4 Å². The highest BCUT2D eigenvalue weighted by Crippen LogP contribution is 2.26. The number of rotatable bonds is 5. The minimum absolute atomic E-state index is 0.0842. The fourth-order valence-electron chi connectivity index (χ4n) is 3.48. The largest absolute Gasteiger partial charge is 0.419 e. The maximum absolute atomic E-state index is 12.8. The van der Waals surface area contributed by atoms with E-state index in [4.69, 9.17) is 4.42 Å². The molecule has 1 aromatic heterocycles. The number of hydrogen-bond donors (Lipinski definition) is 0. The summed E-state index contributed by atoms with van der Waals surface area (Å²) in [7, 11) is 1.73. The second-order valence-corrected chi connectivity index (χ2v) is 8.93. The molecule has 0 N–H and O–H groups in total. The first kappa shape index (κ1) is 21.5. The number of carbonyl (C=O) groups is 1. The monoisotopic (exact) mass is 425 g/mol. The van der Waals surface area contributed by atoms with Crippen molar-refractivity contribution in [2.24, 2.45) is 0 Å². The van der Waals surface area contributed by atoms with Crippen LogP contribution in [0.25, 0.3) is 22.6 Å². The molecular weight excluding hydrogens is 398 g/mol. The van der Waals surface area contributed by atoms with Crippen LogP contribution in [0, 0.1) is 0 Å². The molecule has 0 aliphatic carbocycles. The lowest BCUT2D eigenvalue weighted by molar-refractivity contribution is 0.0773. The molecule has 0 spiro atoms. The highest BCUT2D eigenvalue weighted by atomic mass is 16.4. The van der Waals surface area contributed by atoms with Gasteiger partial charge >= 0.3 is 0 Å². The van der Waals surface area contributed by atoms with E-state index < -0.39 is 0 Å². The van der Waals surface area contributed by atoms with E-state index in [1.54, 1.807) is 11.9 Å². The molecule has 0 bridgehead atoms. The minimum Gasteiger partial charge on any atom is -0.419 e. The van der Waals surface area contributed by atoms with E-state index in [9.17, 15) is 4.79 Å². The summed E-state index contributed by atoms with van der Waals surface area (Å²) in [6.45, 7) is 6.77. The third-order valence-electron chi connectivity index (χ3n) is 5.42. The van der Waals surface area contributed by atoms with Gasteiger partial charge in [-0.2, -0.15) is 0 Å². The molecule has 0 saturated heterocycles. The van der Waals surface area contributed by atoms with Crippen LogP contribution in [0.2, 0.25) is 0 Å². The Bertz CT molecular complexity index is 1190. The highest BCUT2D eigenvalue weighted by Gasteiger charge is 2.17. The van der Waals surface area contributed by atoms with Gasteiger partial charge in [0.2, 0.25) is 11.8 Å². The van der Waals surface area contributed by atoms with Crippen LogP contribution in [0.4, 0.5) is 0 Å². The lowest BCUT2D eigenvalue weighted by Gasteiger charge is -2.18. The molecule has 0 aliphatic rings. The first-order valence-corrected chi connectivity index (χ1v) is 10.7. The molecular formula is C27H27N3O2. The van der Waals surface area contributed by atoms with E-state index in [1.807, 2.05) is 66.7 Å². The zero-order valence-electron chi connectivity index (χ0n) is 18.9. The molecule has 1 amide bonds. The molecule has 32 heavy (non-hydrogen) atoms. The molecule has 0 aliphatic heterocycles. The Morgan fingerprint density at radius 1 is 0.812 bits per heavy atom. The van der Waals surface area contributed by atoms with Crippen LogP contribution in [0.5, 0.6) is 0 Å². The fraction of sp³-hybridized carbons (Fsp3) is 0.222. The van der Waals surface area contributed by atoms with Crippen LogP contribution in [-0.4, -0.2) is 28.1 Å². The van der Waals surface area contributed by atoms with Crippen LogP contribution in [0.1, 0.15) is 42.6 Å². The van der Waals surface area contributed by atoms with E-state index in [0.29, 0.717) is 17.3 Å². The van der Waals surface area contributed by atoms with E-state index in [1.165, 1.54) is 5.56 Å². The van der Waals surface area contributed by atoms with Crippen LogP contribution in [0.3, 0.4) is 0 Å². The zero-order chi connectivity index (χ0) is 22.7. The normalized spacial score (nSPS) is 11.4. The lowest BCUT2D eigenvalue weighted by atomic mass is 9.87. The van der Waals surface area contributed by atoms with Gasteiger partial charge in [0, 0.05) is 18.2 Å². The van der Waals surface area contributed by atoms with Gasteiger partial charge in [0.15, 0.2) is 0 Å². The van der Waals surface area contributed by atoms with Crippen molar-refractivity contribution in [3.8, 4) is 22.6 Å². The first-order valence-electron chi connectivity index (χ1n) is 10.7. The topological polar surface area (TPSA) is 59.2 Å². The standard InChI is InChI=1S/C27H27N3O2/c1-27(2,3)23-16-14-21(15-17-23)25-29-28-24(32-25)18-30(4)26(31)22-12-10-20(11-13-22)19-8-6-5-7-9-19/h5-17H,18H2,1-4H3. The molecule has 162 valence electrons. The van der Waals surface area contributed by atoms with Crippen molar-refractivity contribution in [2.75, 3.05) is 7.05 Å². The predicted octanol–water partition coefficient (Wildman–Crippen LogP) is 5.97. The van der Waals surface area contributed by atoms with Crippen molar-refractivity contribution in [3.05, 3.63) is 95.9 Å². The van der Waals surface area contributed by atoms with Crippen LogP contribution < -0.4 is 0 Å². The molecule has 0 fully saturated rings. The Labute approximate surface area is 188 Å². The van der Waals surface area contributed by atoms with Crippen LogP contribution in [0.15, 0.2) is 83.3 Å². The number of hydrogen-bond acceptors (Lipinski definition) is 4. The van der Waals surface area contributed by atoms with Crippen molar-refractivity contribution in [1.29, 1.82) is 0 Å². The van der Waals surface area contributed by atoms with Crippen molar-refractivity contribution in [1.82, 2.24) is 15.1 Å². The second-order valence-electron chi connectivity index (χ2n) is 8.93. The SMILES string of the molecule is CN(Cc1nnc(-c2ccc(C(C)(C)C)cc2)o1)C(=O)c1ccc(-c2ccccc2)cc1. The molecule has 4 aromatic rings. The second kappa shape index (κ2) is 8.79. The predicted molar refractivity (Wildman–Crippen MR) is 126 cm³/mol. The van der Waals surface area contributed by atoms with E-state index >= 15 is 0 Å². The van der Waals surface area contributed by atoms with Gasteiger partial charge in [0.25, 0.3) is 5.91 Å². The van der Waals surface area contributed by atoms with E-state index in [-0.39, 0.29) is 17.9 Å². The molecule has 0 unspecified atom stereocenters.